The highest BCUT2D eigenvalue weighted by Crippen LogP contribution is 2.17. The minimum atomic E-state index is -3.04. The minimum Gasteiger partial charge on any atom is -0.351 e. The second kappa shape index (κ2) is 25.7. The van der Waals surface area contributed by atoms with E-state index in [2.05, 4.69) is 27.7 Å². The van der Waals surface area contributed by atoms with Crippen molar-refractivity contribution in [3.8, 4) is 0 Å². The van der Waals surface area contributed by atoms with Crippen molar-refractivity contribution in [2.45, 2.75) is 150 Å². The molecule has 0 saturated carbocycles. The summed E-state index contributed by atoms with van der Waals surface area (Å²) in [7, 11) is -3.04. The molecule has 0 N–H and O–H groups in total. The van der Waals surface area contributed by atoms with Crippen LogP contribution in [0.5, 0.6) is 0 Å². The lowest BCUT2D eigenvalue weighted by atomic mass is 10.1. The Morgan fingerprint density at radius 3 is 0.906 bits per heavy atom. The summed E-state index contributed by atoms with van der Waals surface area (Å²) in [5.41, 5.74) is 0. The second-order valence-electron chi connectivity index (χ2n) is 9.20. The van der Waals surface area contributed by atoms with Crippen LogP contribution >= 0.6 is 0 Å². The van der Waals surface area contributed by atoms with Crippen LogP contribution in [0.1, 0.15) is 150 Å². The highest BCUT2D eigenvalue weighted by Gasteiger charge is 2.45. The van der Waals surface area contributed by atoms with Gasteiger partial charge in [-0.25, -0.2) is 0 Å². The summed E-state index contributed by atoms with van der Waals surface area (Å²) in [6.07, 6.45) is 23.5. The summed E-state index contributed by atoms with van der Waals surface area (Å²) in [6.45, 7) is 11.6. The van der Waals surface area contributed by atoms with Gasteiger partial charge in [-0.15, -0.1) is 0 Å². The SMILES string of the molecule is CCCCCCCCO[Si](OCCC)(OCCCCCCCC)OCCCCCCCC. The predicted molar refractivity (Wildman–Crippen MR) is 140 cm³/mol. The summed E-state index contributed by atoms with van der Waals surface area (Å²) < 4.78 is 25.1. The van der Waals surface area contributed by atoms with E-state index in [1.807, 2.05) is 0 Å². The molecule has 0 radical (unpaired) electrons. The zero-order valence-corrected chi connectivity index (χ0v) is 23.4. The maximum Gasteiger partial charge on any atom is 0.679 e. The molecule has 0 saturated heterocycles. The third-order valence-corrected chi connectivity index (χ3v) is 8.04. The molecule has 32 heavy (non-hydrogen) atoms. The first-order valence-corrected chi connectivity index (χ1v) is 15.9. The Morgan fingerprint density at radius 2 is 0.594 bits per heavy atom. The summed E-state index contributed by atoms with van der Waals surface area (Å²) in [6, 6.07) is 0. The second-order valence-corrected chi connectivity index (χ2v) is 11.4. The van der Waals surface area contributed by atoms with Crippen molar-refractivity contribution in [1.29, 1.82) is 0 Å². The third kappa shape index (κ3) is 20.6. The van der Waals surface area contributed by atoms with Crippen LogP contribution in [0.4, 0.5) is 0 Å². The topological polar surface area (TPSA) is 36.9 Å². The van der Waals surface area contributed by atoms with Gasteiger partial charge in [-0.2, -0.15) is 0 Å². The quantitative estimate of drug-likeness (QED) is 0.0879. The molecule has 0 spiro atoms. The molecule has 0 rings (SSSR count). The molecule has 0 aromatic rings. The Morgan fingerprint density at radius 1 is 0.312 bits per heavy atom. The molecule has 0 fully saturated rings. The summed E-state index contributed by atoms with van der Waals surface area (Å²) in [4.78, 5) is 0. The van der Waals surface area contributed by atoms with Gasteiger partial charge in [0.05, 0.1) is 0 Å². The molecule has 0 heterocycles. The van der Waals surface area contributed by atoms with E-state index in [-0.39, 0.29) is 0 Å². The van der Waals surface area contributed by atoms with Crippen molar-refractivity contribution in [3.63, 3.8) is 0 Å². The molecule has 5 heteroatoms. The Kier molecular flexibility index (Phi) is 25.7. The largest absolute Gasteiger partial charge is 0.679 e. The average Bonchev–Trinajstić information content (AvgIpc) is 2.81. The number of rotatable bonds is 27. The molecule has 0 unspecified atom stereocenters. The zero-order chi connectivity index (χ0) is 23.6. The standard InChI is InChI=1S/C27H58O4Si/c1-5-9-12-15-18-21-25-29-32(28-24-8-4,30-26-22-19-16-13-10-6-2)31-27-23-20-17-14-11-7-3/h5-27H2,1-4H3. The molecule has 0 bridgehead atoms. The van der Waals surface area contributed by atoms with E-state index in [1.165, 1.54) is 96.3 Å². The van der Waals surface area contributed by atoms with Crippen LogP contribution in [0.25, 0.3) is 0 Å². The summed E-state index contributed by atoms with van der Waals surface area (Å²) in [5.74, 6) is 0. The van der Waals surface area contributed by atoms with Gasteiger partial charge in [0.15, 0.2) is 0 Å². The molecular weight excluding hydrogens is 416 g/mol. The monoisotopic (exact) mass is 474 g/mol. The Labute approximate surface area is 203 Å². The molecule has 0 amide bonds. The van der Waals surface area contributed by atoms with Gasteiger partial charge in [0.1, 0.15) is 0 Å². The van der Waals surface area contributed by atoms with Gasteiger partial charge in [-0.05, 0) is 25.7 Å². The van der Waals surface area contributed by atoms with Crippen LogP contribution in [-0.4, -0.2) is 35.5 Å². The summed E-state index contributed by atoms with van der Waals surface area (Å²) in [5, 5.41) is 0. The van der Waals surface area contributed by atoms with Crippen LogP contribution in [0.2, 0.25) is 0 Å². The highest BCUT2D eigenvalue weighted by atomic mass is 28.4. The highest BCUT2D eigenvalue weighted by molar-refractivity contribution is 6.53. The van der Waals surface area contributed by atoms with Crippen LogP contribution in [0.15, 0.2) is 0 Å². The minimum absolute atomic E-state index is 0.649. The fourth-order valence-corrected chi connectivity index (χ4v) is 5.85. The van der Waals surface area contributed by atoms with Gasteiger partial charge >= 0.3 is 9.05 Å². The van der Waals surface area contributed by atoms with Crippen molar-refractivity contribution in [2.24, 2.45) is 0 Å². The molecule has 0 aliphatic rings. The lowest BCUT2D eigenvalue weighted by Crippen LogP contribution is -2.50. The molecule has 194 valence electrons. The lowest BCUT2D eigenvalue weighted by molar-refractivity contribution is -0.0368. The maximum atomic E-state index is 6.30. The van der Waals surface area contributed by atoms with Crippen molar-refractivity contribution in [1.82, 2.24) is 0 Å². The van der Waals surface area contributed by atoms with E-state index in [9.17, 15) is 0 Å². The first kappa shape index (κ1) is 32.1. The van der Waals surface area contributed by atoms with Crippen LogP contribution in [0, 0.1) is 0 Å². The first-order valence-electron chi connectivity index (χ1n) is 14.3. The number of hydrogen-bond acceptors (Lipinski definition) is 4. The fraction of sp³-hybridized carbons (Fsp3) is 1.00. The smallest absolute Gasteiger partial charge is 0.351 e. The number of unbranched alkanes of at least 4 members (excludes halogenated alkanes) is 15. The van der Waals surface area contributed by atoms with Gasteiger partial charge in [0.2, 0.25) is 0 Å². The van der Waals surface area contributed by atoms with Crippen LogP contribution in [0.3, 0.4) is 0 Å². The van der Waals surface area contributed by atoms with Gasteiger partial charge in [0, 0.05) is 26.4 Å². The maximum absolute atomic E-state index is 6.30. The van der Waals surface area contributed by atoms with Crippen LogP contribution < -0.4 is 0 Å². The van der Waals surface area contributed by atoms with Crippen molar-refractivity contribution in [3.05, 3.63) is 0 Å². The van der Waals surface area contributed by atoms with Crippen molar-refractivity contribution in [2.75, 3.05) is 26.4 Å². The van der Waals surface area contributed by atoms with Crippen molar-refractivity contribution >= 4 is 9.05 Å². The van der Waals surface area contributed by atoms with Crippen LogP contribution in [-0.2, 0) is 17.7 Å². The molecule has 0 atom stereocenters. The Balaban J connectivity index is 4.51. The molecule has 0 aliphatic carbocycles. The van der Waals surface area contributed by atoms with E-state index >= 15 is 0 Å². The predicted octanol–water partition coefficient (Wildman–Crippen LogP) is 8.98. The molecule has 0 aromatic heterocycles. The Bertz CT molecular complexity index is 309. The normalized spacial score (nSPS) is 12.0. The molecular formula is C27H58O4Si. The van der Waals surface area contributed by atoms with Gasteiger partial charge in [-0.3, -0.25) is 0 Å². The fourth-order valence-electron chi connectivity index (χ4n) is 3.72. The third-order valence-electron chi connectivity index (χ3n) is 5.81. The average molecular weight is 475 g/mol. The number of hydrogen-bond donors (Lipinski definition) is 0. The zero-order valence-electron chi connectivity index (χ0n) is 22.4. The van der Waals surface area contributed by atoms with Gasteiger partial charge in [0.25, 0.3) is 0 Å². The molecule has 0 aliphatic heterocycles. The Hall–Kier alpha value is 0.0569. The van der Waals surface area contributed by atoms with E-state index in [1.54, 1.807) is 0 Å². The van der Waals surface area contributed by atoms with E-state index in [0.29, 0.717) is 26.4 Å². The van der Waals surface area contributed by atoms with E-state index < -0.39 is 9.05 Å². The molecule has 0 aromatic carbocycles. The summed E-state index contributed by atoms with van der Waals surface area (Å²) >= 11 is 0. The van der Waals surface area contributed by atoms with E-state index in [4.69, 9.17) is 17.7 Å². The van der Waals surface area contributed by atoms with Gasteiger partial charge < -0.3 is 17.7 Å². The van der Waals surface area contributed by atoms with Gasteiger partial charge in [-0.1, -0.05) is 124 Å². The van der Waals surface area contributed by atoms with Crippen molar-refractivity contribution < 1.29 is 17.7 Å². The lowest BCUT2D eigenvalue weighted by Gasteiger charge is -2.28. The van der Waals surface area contributed by atoms with E-state index in [0.717, 1.165) is 25.7 Å². The first-order chi connectivity index (χ1) is 15.7. The molecule has 4 nitrogen and oxygen atoms in total.